The number of carbonyl (C=O) groups is 1. The lowest BCUT2D eigenvalue weighted by Gasteiger charge is -2.41. The van der Waals surface area contributed by atoms with Crippen LogP contribution < -0.4 is 0 Å². The predicted molar refractivity (Wildman–Crippen MR) is 79.1 cm³/mol. The van der Waals surface area contributed by atoms with Gasteiger partial charge in [0.05, 0.1) is 0 Å². The van der Waals surface area contributed by atoms with E-state index < -0.39 is 0 Å². The largest absolute Gasteiger partial charge is 0.340 e. The molecule has 1 amide bonds. The van der Waals surface area contributed by atoms with Crippen LogP contribution in [0.5, 0.6) is 0 Å². The first kappa shape index (κ1) is 14.8. The molecule has 0 N–H and O–H groups in total. The molecule has 2 fully saturated rings. The van der Waals surface area contributed by atoms with Gasteiger partial charge in [-0.2, -0.15) is 0 Å². The summed E-state index contributed by atoms with van der Waals surface area (Å²) in [6.07, 6.45) is 7.63. The fraction of sp³-hybridized carbons (Fsp3) is 0.938. The number of rotatable bonds is 2. The van der Waals surface area contributed by atoms with Crippen molar-refractivity contribution < 1.29 is 4.79 Å². The number of carbonyl (C=O) groups excluding carboxylic acids is 1. The highest BCUT2D eigenvalue weighted by atomic mass is 16.2. The maximum absolute atomic E-state index is 12.2. The molecule has 2 rings (SSSR count). The van der Waals surface area contributed by atoms with E-state index in [0.717, 1.165) is 32.2 Å². The van der Waals surface area contributed by atoms with Crippen LogP contribution in [-0.2, 0) is 4.79 Å². The Morgan fingerprint density at radius 3 is 2.11 bits per heavy atom. The lowest BCUT2D eigenvalue weighted by Crippen LogP contribution is -2.52. The monoisotopic (exact) mass is 266 g/mol. The van der Waals surface area contributed by atoms with Crippen LogP contribution in [0.2, 0.25) is 0 Å². The summed E-state index contributed by atoms with van der Waals surface area (Å²) in [6, 6.07) is 0.800. The molecule has 0 aromatic rings. The zero-order valence-corrected chi connectivity index (χ0v) is 13.0. The molecule has 3 nitrogen and oxygen atoms in total. The second-order valence-electron chi connectivity index (χ2n) is 7.45. The molecule has 110 valence electrons. The molecule has 0 atom stereocenters. The Hall–Kier alpha value is -0.570. The normalized spacial score (nSPS) is 23.6. The summed E-state index contributed by atoms with van der Waals surface area (Å²) in [5.74, 6) is 0.343. The number of hydrogen-bond acceptors (Lipinski definition) is 2. The van der Waals surface area contributed by atoms with Crippen molar-refractivity contribution in [3.8, 4) is 0 Å². The highest BCUT2D eigenvalue weighted by molar-refractivity contribution is 5.76. The van der Waals surface area contributed by atoms with E-state index in [0.29, 0.717) is 12.3 Å². The van der Waals surface area contributed by atoms with Crippen molar-refractivity contribution in [1.29, 1.82) is 0 Å². The molecule has 0 aromatic carbocycles. The summed E-state index contributed by atoms with van der Waals surface area (Å²) in [5, 5.41) is 0. The number of nitrogens with zero attached hydrogens (tertiary/aromatic N) is 2. The van der Waals surface area contributed by atoms with Crippen molar-refractivity contribution >= 4 is 5.91 Å². The van der Waals surface area contributed by atoms with Crippen molar-refractivity contribution in [2.75, 3.05) is 26.2 Å². The van der Waals surface area contributed by atoms with Gasteiger partial charge in [0.2, 0.25) is 5.91 Å². The number of hydrogen-bond donors (Lipinski definition) is 0. The quantitative estimate of drug-likeness (QED) is 0.767. The molecule has 0 aromatic heterocycles. The molecular formula is C16H30N2O. The average Bonchev–Trinajstić information content (AvgIpc) is 2.38. The fourth-order valence-corrected chi connectivity index (χ4v) is 3.35. The highest BCUT2D eigenvalue weighted by Crippen LogP contribution is 2.24. The lowest BCUT2D eigenvalue weighted by atomic mass is 9.91. The van der Waals surface area contributed by atoms with Crippen LogP contribution >= 0.6 is 0 Å². The molecule has 1 heterocycles. The van der Waals surface area contributed by atoms with E-state index in [1.165, 1.54) is 32.1 Å². The van der Waals surface area contributed by atoms with Crippen molar-refractivity contribution in [1.82, 2.24) is 9.80 Å². The third kappa shape index (κ3) is 4.48. The van der Waals surface area contributed by atoms with Crippen LogP contribution in [0.1, 0.15) is 59.3 Å². The maximum Gasteiger partial charge on any atom is 0.223 e. The molecule has 19 heavy (non-hydrogen) atoms. The minimum absolute atomic E-state index is 0.109. The van der Waals surface area contributed by atoms with Gasteiger partial charge in [-0.3, -0.25) is 9.69 Å². The third-order valence-corrected chi connectivity index (χ3v) is 4.44. The zero-order chi connectivity index (χ0) is 13.9. The molecule has 0 bridgehead atoms. The first-order valence-corrected chi connectivity index (χ1v) is 7.97. The molecule has 3 heteroatoms. The molecule has 0 radical (unpaired) electrons. The van der Waals surface area contributed by atoms with E-state index in [1.807, 2.05) is 0 Å². The van der Waals surface area contributed by atoms with E-state index in [9.17, 15) is 4.79 Å². The van der Waals surface area contributed by atoms with E-state index in [1.54, 1.807) is 0 Å². The smallest absolute Gasteiger partial charge is 0.223 e. The molecule has 2 aliphatic rings. The van der Waals surface area contributed by atoms with Gasteiger partial charge in [0.15, 0.2) is 0 Å². The Balaban J connectivity index is 1.77. The van der Waals surface area contributed by atoms with E-state index in [4.69, 9.17) is 0 Å². The second-order valence-corrected chi connectivity index (χ2v) is 7.45. The van der Waals surface area contributed by atoms with Crippen LogP contribution in [-0.4, -0.2) is 47.9 Å². The van der Waals surface area contributed by atoms with Crippen molar-refractivity contribution in [3.63, 3.8) is 0 Å². The zero-order valence-electron chi connectivity index (χ0n) is 13.0. The second kappa shape index (κ2) is 6.25. The Morgan fingerprint density at radius 2 is 1.58 bits per heavy atom. The summed E-state index contributed by atoms with van der Waals surface area (Å²) in [5.41, 5.74) is 0.109. The minimum atomic E-state index is 0.109. The van der Waals surface area contributed by atoms with Gasteiger partial charge in [-0.15, -0.1) is 0 Å². The Bertz CT molecular complexity index is 294. The Kier molecular flexibility index (Phi) is 4.88. The van der Waals surface area contributed by atoms with Gasteiger partial charge >= 0.3 is 0 Å². The number of piperazine rings is 1. The molecular weight excluding hydrogens is 236 g/mol. The van der Waals surface area contributed by atoms with E-state index in [2.05, 4.69) is 30.6 Å². The fourth-order valence-electron chi connectivity index (χ4n) is 3.35. The van der Waals surface area contributed by atoms with Crippen LogP contribution in [0.4, 0.5) is 0 Å². The van der Waals surface area contributed by atoms with Crippen LogP contribution in [0.3, 0.4) is 0 Å². The van der Waals surface area contributed by atoms with Crippen molar-refractivity contribution in [2.24, 2.45) is 5.41 Å². The Morgan fingerprint density at radius 1 is 1.00 bits per heavy atom. The van der Waals surface area contributed by atoms with Gasteiger partial charge in [-0.05, 0) is 18.3 Å². The van der Waals surface area contributed by atoms with Crippen LogP contribution in [0.15, 0.2) is 0 Å². The van der Waals surface area contributed by atoms with Gasteiger partial charge in [-0.25, -0.2) is 0 Å². The van der Waals surface area contributed by atoms with Crippen molar-refractivity contribution in [2.45, 2.75) is 65.3 Å². The summed E-state index contributed by atoms with van der Waals surface area (Å²) >= 11 is 0. The summed E-state index contributed by atoms with van der Waals surface area (Å²) in [6.45, 7) is 10.5. The van der Waals surface area contributed by atoms with E-state index >= 15 is 0 Å². The van der Waals surface area contributed by atoms with Gasteiger partial charge in [0.1, 0.15) is 0 Å². The summed E-state index contributed by atoms with van der Waals surface area (Å²) in [7, 11) is 0. The van der Waals surface area contributed by atoms with E-state index in [-0.39, 0.29) is 5.41 Å². The topological polar surface area (TPSA) is 23.6 Å². The molecule has 1 aliphatic heterocycles. The maximum atomic E-state index is 12.2. The van der Waals surface area contributed by atoms with Gasteiger partial charge in [0.25, 0.3) is 0 Å². The standard InChI is InChI=1S/C16H30N2O/c1-16(2,3)13-15(19)18-11-9-17(10-12-18)14-7-5-4-6-8-14/h14H,4-13H2,1-3H3. The van der Waals surface area contributed by atoms with Gasteiger partial charge < -0.3 is 4.90 Å². The molecule has 1 saturated carbocycles. The average molecular weight is 266 g/mol. The first-order valence-electron chi connectivity index (χ1n) is 7.97. The Labute approximate surface area is 118 Å². The highest BCUT2D eigenvalue weighted by Gasteiger charge is 2.28. The summed E-state index contributed by atoms with van der Waals surface area (Å²) in [4.78, 5) is 16.9. The van der Waals surface area contributed by atoms with Crippen LogP contribution in [0, 0.1) is 5.41 Å². The molecule has 0 spiro atoms. The van der Waals surface area contributed by atoms with Gasteiger partial charge in [0, 0.05) is 38.6 Å². The van der Waals surface area contributed by atoms with Crippen molar-refractivity contribution in [3.05, 3.63) is 0 Å². The number of amides is 1. The predicted octanol–water partition coefficient (Wildman–Crippen LogP) is 2.90. The van der Waals surface area contributed by atoms with Crippen LogP contribution in [0.25, 0.3) is 0 Å². The lowest BCUT2D eigenvalue weighted by molar-refractivity contribution is -0.135. The third-order valence-electron chi connectivity index (χ3n) is 4.44. The SMILES string of the molecule is CC(C)(C)CC(=O)N1CCN(C2CCCCC2)CC1. The minimum Gasteiger partial charge on any atom is -0.340 e. The first-order chi connectivity index (χ1) is 8.96. The molecule has 1 aliphatic carbocycles. The molecule has 0 unspecified atom stereocenters. The van der Waals surface area contributed by atoms with Gasteiger partial charge in [-0.1, -0.05) is 40.0 Å². The summed E-state index contributed by atoms with van der Waals surface area (Å²) < 4.78 is 0. The molecule has 1 saturated heterocycles.